The van der Waals surface area contributed by atoms with E-state index in [9.17, 15) is 13.2 Å². The molecule has 3 rings (SSSR count). The van der Waals surface area contributed by atoms with E-state index in [1.54, 1.807) is 6.20 Å². The molecule has 2 aliphatic heterocycles. The van der Waals surface area contributed by atoms with Crippen LogP contribution in [-0.2, 0) is 22.8 Å². The molecule has 0 radical (unpaired) electrons. The van der Waals surface area contributed by atoms with E-state index in [1.807, 2.05) is 4.68 Å². The van der Waals surface area contributed by atoms with Crippen LogP contribution in [0.2, 0.25) is 0 Å². The fraction of sp³-hybridized carbons (Fsp3) is 0.714. The van der Waals surface area contributed by atoms with Crippen molar-refractivity contribution < 1.29 is 13.2 Å². The monoisotopic (exact) mass is 311 g/mol. The maximum absolute atomic E-state index is 12.1. The summed E-state index contributed by atoms with van der Waals surface area (Å²) >= 11 is 0. The van der Waals surface area contributed by atoms with Gasteiger partial charge in [0.15, 0.2) is 0 Å². The van der Waals surface area contributed by atoms with Crippen molar-refractivity contribution in [2.75, 3.05) is 18.1 Å². The lowest BCUT2D eigenvalue weighted by atomic mass is 9.99. The van der Waals surface area contributed by atoms with E-state index in [-0.39, 0.29) is 5.91 Å². The lowest BCUT2D eigenvalue weighted by Gasteiger charge is -2.21. The SMILES string of the molecule is O=C(NCCC1CCS(=O)(=O)CC1)c1cnn2c1CCC2. The molecule has 0 saturated carbocycles. The van der Waals surface area contributed by atoms with Crippen molar-refractivity contribution in [2.45, 2.75) is 38.6 Å². The Balaban J connectivity index is 1.46. The minimum absolute atomic E-state index is 0.0541. The van der Waals surface area contributed by atoms with Crippen LogP contribution < -0.4 is 5.32 Å². The third kappa shape index (κ3) is 3.28. The second-order valence-electron chi connectivity index (χ2n) is 5.97. The number of carbonyl (C=O) groups excluding carboxylic acids is 1. The average molecular weight is 311 g/mol. The number of nitrogens with one attached hydrogen (secondary N) is 1. The number of rotatable bonds is 4. The van der Waals surface area contributed by atoms with Gasteiger partial charge < -0.3 is 5.32 Å². The Morgan fingerprint density at radius 2 is 2.14 bits per heavy atom. The van der Waals surface area contributed by atoms with Gasteiger partial charge in [0.2, 0.25) is 0 Å². The van der Waals surface area contributed by atoms with Crippen molar-refractivity contribution in [3.63, 3.8) is 0 Å². The van der Waals surface area contributed by atoms with E-state index in [0.29, 0.717) is 29.5 Å². The van der Waals surface area contributed by atoms with Crippen LogP contribution in [-0.4, -0.2) is 42.2 Å². The first kappa shape index (κ1) is 14.6. The average Bonchev–Trinajstić information content (AvgIpc) is 3.03. The molecule has 0 unspecified atom stereocenters. The van der Waals surface area contributed by atoms with Gasteiger partial charge in [0.1, 0.15) is 9.84 Å². The quantitative estimate of drug-likeness (QED) is 0.891. The van der Waals surface area contributed by atoms with Crippen molar-refractivity contribution in [1.29, 1.82) is 0 Å². The molecule has 0 bridgehead atoms. The van der Waals surface area contributed by atoms with Crippen LogP contribution in [0.3, 0.4) is 0 Å². The first-order valence-electron chi connectivity index (χ1n) is 7.58. The van der Waals surface area contributed by atoms with Gasteiger partial charge in [-0.1, -0.05) is 0 Å². The Kier molecular flexibility index (Phi) is 4.01. The molecule has 116 valence electrons. The minimum atomic E-state index is -2.80. The van der Waals surface area contributed by atoms with Gasteiger partial charge in [-0.15, -0.1) is 0 Å². The number of hydrogen-bond donors (Lipinski definition) is 1. The predicted octanol–water partition coefficient (Wildman–Crippen LogP) is 0.774. The number of fused-ring (bicyclic) bond motifs is 1. The highest BCUT2D eigenvalue weighted by molar-refractivity contribution is 7.91. The fourth-order valence-electron chi connectivity index (χ4n) is 3.17. The van der Waals surface area contributed by atoms with Crippen LogP contribution in [0.5, 0.6) is 0 Å². The van der Waals surface area contributed by atoms with Crippen molar-refractivity contribution in [1.82, 2.24) is 15.1 Å². The van der Waals surface area contributed by atoms with E-state index in [2.05, 4.69) is 10.4 Å². The number of aryl methyl sites for hydroxylation is 1. The normalized spacial score (nSPS) is 21.1. The highest BCUT2D eigenvalue weighted by Crippen LogP contribution is 2.22. The minimum Gasteiger partial charge on any atom is -0.352 e. The second kappa shape index (κ2) is 5.79. The zero-order chi connectivity index (χ0) is 14.9. The van der Waals surface area contributed by atoms with Gasteiger partial charge in [-0.25, -0.2) is 8.42 Å². The summed E-state index contributed by atoms with van der Waals surface area (Å²) in [4.78, 5) is 12.1. The number of sulfone groups is 1. The first-order chi connectivity index (χ1) is 10.1. The zero-order valence-corrected chi connectivity index (χ0v) is 12.9. The Hall–Kier alpha value is -1.37. The number of amides is 1. The Morgan fingerprint density at radius 1 is 1.38 bits per heavy atom. The summed E-state index contributed by atoms with van der Waals surface area (Å²) in [6, 6.07) is 0. The molecular formula is C14H21N3O3S. The highest BCUT2D eigenvalue weighted by atomic mass is 32.2. The Morgan fingerprint density at radius 3 is 2.90 bits per heavy atom. The fourth-order valence-corrected chi connectivity index (χ4v) is 4.75. The van der Waals surface area contributed by atoms with Gasteiger partial charge >= 0.3 is 0 Å². The molecule has 1 aromatic rings. The predicted molar refractivity (Wildman–Crippen MR) is 78.9 cm³/mol. The van der Waals surface area contributed by atoms with Crippen molar-refractivity contribution >= 4 is 15.7 Å². The molecule has 0 aromatic carbocycles. The number of carbonyl (C=O) groups is 1. The molecule has 2 aliphatic rings. The van der Waals surface area contributed by atoms with Crippen LogP contribution >= 0.6 is 0 Å². The molecule has 1 fully saturated rings. The molecule has 1 aromatic heterocycles. The van der Waals surface area contributed by atoms with Gasteiger partial charge in [-0.2, -0.15) is 5.10 Å². The third-order valence-electron chi connectivity index (χ3n) is 4.49. The van der Waals surface area contributed by atoms with E-state index in [4.69, 9.17) is 0 Å². The molecule has 21 heavy (non-hydrogen) atoms. The van der Waals surface area contributed by atoms with E-state index in [0.717, 1.165) is 44.3 Å². The van der Waals surface area contributed by atoms with E-state index < -0.39 is 9.84 Å². The number of aromatic nitrogens is 2. The Bertz CT molecular complexity index is 622. The molecule has 1 amide bonds. The van der Waals surface area contributed by atoms with Gasteiger partial charge in [-0.05, 0) is 38.0 Å². The zero-order valence-electron chi connectivity index (χ0n) is 12.0. The molecule has 3 heterocycles. The topological polar surface area (TPSA) is 81.1 Å². The second-order valence-corrected chi connectivity index (χ2v) is 8.28. The summed E-state index contributed by atoms with van der Waals surface area (Å²) < 4.78 is 24.6. The lowest BCUT2D eigenvalue weighted by Crippen LogP contribution is -2.29. The van der Waals surface area contributed by atoms with Crippen LogP contribution in [0.25, 0.3) is 0 Å². The summed E-state index contributed by atoms with van der Waals surface area (Å²) in [5.41, 5.74) is 1.73. The van der Waals surface area contributed by atoms with Crippen molar-refractivity contribution in [3.8, 4) is 0 Å². The molecule has 6 nitrogen and oxygen atoms in total. The largest absolute Gasteiger partial charge is 0.352 e. The van der Waals surface area contributed by atoms with Crippen LogP contribution in [0.15, 0.2) is 6.20 Å². The van der Waals surface area contributed by atoms with Gasteiger partial charge in [0, 0.05) is 13.1 Å². The van der Waals surface area contributed by atoms with E-state index >= 15 is 0 Å². The maximum atomic E-state index is 12.1. The highest BCUT2D eigenvalue weighted by Gasteiger charge is 2.24. The van der Waals surface area contributed by atoms with Crippen LogP contribution in [0.1, 0.15) is 41.7 Å². The molecular weight excluding hydrogens is 290 g/mol. The molecule has 1 saturated heterocycles. The van der Waals surface area contributed by atoms with Gasteiger partial charge in [-0.3, -0.25) is 9.48 Å². The first-order valence-corrected chi connectivity index (χ1v) is 9.40. The standard InChI is InChI=1S/C14H21N3O3S/c18-14(12-10-16-17-7-1-2-13(12)17)15-6-3-11-4-8-21(19,20)9-5-11/h10-11H,1-9H2,(H,15,18). The summed E-state index contributed by atoms with van der Waals surface area (Å²) in [6.45, 7) is 1.51. The molecule has 0 spiro atoms. The molecule has 7 heteroatoms. The maximum Gasteiger partial charge on any atom is 0.254 e. The lowest BCUT2D eigenvalue weighted by molar-refractivity contribution is 0.0950. The summed E-state index contributed by atoms with van der Waals surface area (Å²) in [5, 5.41) is 7.16. The van der Waals surface area contributed by atoms with Gasteiger partial charge in [0.05, 0.1) is 29.0 Å². The van der Waals surface area contributed by atoms with Crippen molar-refractivity contribution in [2.24, 2.45) is 5.92 Å². The smallest absolute Gasteiger partial charge is 0.254 e. The molecule has 0 aliphatic carbocycles. The van der Waals surface area contributed by atoms with Crippen LogP contribution in [0.4, 0.5) is 0 Å². The van der Waals surface area contributed by atoms with Crippen LogP contribution in [0, 0.1) is 5.92 Å². The summed E-state index contributed by atoms with van der Waals surface area (Å²) in [7, 11) is -2.80. The van der Waals surface area contributed by atoms with Gasteiger partial charge in [0.25, 0.3) is 5.91 Å². The Labute approximate surface area is 124 Å². The summed E-state index contributed by atoms with van der Waals surface area (Å²) in [5.74, 6) is 0.943. The number of hydrogen-bond acceptors (Lipinski definition) is 4. The number of nitrogens with zero attached hydrogens (tertiary/aromatic N) is 2. The molecule has 0 atom stereocenters. The van der Waals surface area contributed by atoms with Crippen molar-refractivity contribution in [3.05, 3.63) is 17.5 Å². The summed E-state index contributed by atoms with van der Waals surface area (Å²) in [6.07, 6.45) is 5.92. The molecule has 1 N–H and O–H groups in total. The van der Waals surface area contributed by atoms with E-state index in [1.165, 1.54) is 0 Å². The third-order valence-corrected chi connectivity index (χ3v) is 6.20.